The van der Waals surface area contributed by atoms with Crippen molar-refractivity contribution >= 4 is 23.4 Å². The predicted molar refractivity (Wildman–Crippen MR) is 102 cm³/mol. The van der Waals surface area contributed by atoms with Gasteiger partial charge < -0.3 is 15.4 Å². The number of aromatic nitrogens is 2. The molecular weight excluding hydrogens is 330 g/mol. The molecule has 1 fully saturated rings. The van der Waals surface area contributed by atoms with Gasteiger partial charge in [0, 0.05) is 6.04 Å². The highest BCUT2D eigenvalue weighted by molar-refractivity contribution is 5.88. The predicted octanol–water partition coefficient (Wildman–Crippen LogP) is 3.99. The zero-order valence-electron chi connectivity index (χ0n) is 15.2. The highest BCUT2D eigenvalue weighted by Crippen LogP contribution is 2.27. The lowest BCUT2D eigenvalue weighted by molar-refractivity contribution is 0.244. The van der Waals surface area contributed by atoms with Crippen molar-refractivity contribution in [2.75, 3.05) is 17.7 Å². The Morgan fingerprint density at radius 3 is 2.50 bits per heavy atom. The van der Waals surface area contributed by atoms with Crippen LogP contribution in [0.15, 0.2) is 30.3 Å². The van der Waals surface area contributed by atoms with Gasteiger partial charge in [0.25, 0.3) is 0 Å². The molecule has 1 aliphatic rings. The molecular formula is C19H25N5O2. The fourth-order valence-electron chi connectivity index (χ4n) is 3.11. The molecule has 2 amide bonds. The quantitative estimate of drug-likeness (QED) is 0.755. The van der Waals surface area contributed by atoms with Gasteiger partial charge in [-0.1, -0.05) is 25.3 Å². The number of methoxy groups -OCH3 is 1. The summed E-state index contributed by atoms with van der Waals surface area (Å²) in [6, 6.07) is 9.37. The number of hydrogen-bond donors (Lipinski definition) is 3. The van der Waals surface area contributed by atoms with E-state index in [9.17, 15) is 4.79 Å². The summed E-state index contributed by atoms with van der Waals surface area (Å²) < 4.78 is 5.35. The van der Waals surface area contributed by atoms with Crippen molar-refractivity contribution in [1.82, 2.24) is 15.5 Å². The minimum Gasteiger partial charge on any atom is -0.495 e. The maximum Gasteiger partial charge on any atom is 0.320 e. The first kappa shape index (κ1) is 18.0. The van der Waals surface area contributed by atoms with Gasteiger partial charge in [0.2, 0.25) is 0 Å². The van der Waals surface area contributed by atoms with Gasteiger partial charge in [-0.15, -0.1) is 10.2 Å². The Bertz CT molecular complexity index is 742. The maximum atomic E-state index is 12.1. The smallest absolute Gasteiger partial charge is 0.320 e. The number of urea groups is 1. The zero-order chi connectivity index (χ0) is 18.4. The van der Waals surface area contributed by atoms with Gasteiger partial charge in [0.1, 0.15) is 5.75 Å². The number of ether oxygens (including phenoxy) is 1. The second-order valence-corrected chi connectivity index (χ2v) is 6.57. The van der Waals surface area contributed by atoms with Gasteiger partial charge in [-0.2, -0.15) is 0 Å². The van der Waals surface area contributed by atoms with E-state index in [0.717, 1.165) is 29.8 Å². The molecule has 0 spiro atoms. The number of carbonyl (C=O) groups excluding carboxylic acids is 1. The molecule has 26 heavy (non-hydrogen) atoms. The van der Waals surface area contributed by atoms with Crippen LogP contribution in [0.5, 0.6) is 5.75 Å². The van der Waals surface area contributed by atoms with Crippen LogP contribution in [0.1, 0.15) is 37.7 Å². The van der Waals surface area contributed by atoms with Crippen molar-refractivity contribution in [1.29, 1.82) is 0 Å². The third kappa shape index (κ3) is 4.84. The molecule has 1 aromatic carbocycles. The standard InChI is InChI=1S/C19H25N5O2/c1-13-8-9-16(26-2)15(12-13)21-17-10-11-18(24-23-17)22-19(25)20-14-6-4-3-5-7-14/h8-12,14H,3-7H2,1-2H3,(H,21,23)(H2,20,22,24,25). The number of benzene rings is 1. The Kier molecular flexibility index (Phi) is 5.88. The first-order chi connectivity index (χ1) is 12.6. The van der Waals surface area contributed by atoms with Gasteiger partial charge in [-0.05, 0) is 49.6 Å². The lowest BCUT2D eigenvalue weighted by Gasteiger charge is -2.22. The molecule has 3 N–H and O–H groups in total. The van der Waals surface area contributed by atoms with Crippen molar-refractivity contribution in [2.24, 2.45) is 0 Å². The number of nitrogens with zero attached hydrogens (tertiary/aromatic N) is 2. The van der Waals surface area contributed by atoms with Crippen molar-refractivity contribution in [3.05, 3.63) is 35.9 Å². The summed E-state index contributed by atoms with van der Waals surface area (Å²) in [7, 11) is 1.62. The molecule has 3 rings (SSSR count). The largest absolute Gasteiger partial charge is 0.495 e. The number of anilines is 3. The summed E-state index contributed by atoms with van der Waals surface area (Å²) in [5.74, 6) is 1.72. The normalized spacial score (nSPS) is 14.5. The van der Waals surface area contributed by atoms with E-state index >= 15 is 0 Å². The molecule has 1 saturated carbocycles. The van der Waals surface area contributed by atoms with Crippen molar-refractivity contribution < 1.29 is 9.53 Å². The summed E-state index contributed by atoms with van der Waals surface area (Å²) in [5, 5.41) is 17.1. The Hall–Kier alpha value is -2.83. The van der Waals surface area contributed by atoms with Crippen LogP contribution >= 0.6 is 0 Å². The third-order valence-electron chi connectivity index (χ3n) is 4.46. The van der Waals surface area contributed by atoms with E-state index in [-0.39, 0.29) is 12.1 Å². The molecule has 1 heterocycles. The number of rotatable bonds is 5. The summed E-state index contributed by atoms with van der Waals surface area (Å²) >= 11 is 0. The van der Waals surface area contributed by atoms with E-state index in [4.69, 9.17) is 4.74 Å². The Balaban J connectivity index is 1.58. The fourth-order valence-corrected chi connectivity index (χ4v) is 3.11. The van der Waals surface area contributed by atoms with Gasteiger partial charge in [-0.3, -0.25) is 5.32 Å². The monoisotopic (exact) mass is 355 g/mol. The first-order valence-electron chi connectivity index (χ1n) is 8.97. The molecule has 1 aliphatic carbocycles. The minimum absolute atomic E-state index is 0.229. The summed E-state index contributed by atoms with van der Waals surface area (Å²) in [6.07, 6.45) is 5.69. The summed E-state index contributed by atoms with van der Waals surface area (Å²) in [4.78, 5) is 12.1. The number of aryl methyl sites for hydroxylation is 1. The molecule has 138 valence electrons. The van der Waals surface area contributed by atoms with E-state index in [2.05, 4.69) is 26.1 Å². The molecule has 2 aromatic rings. The highest BCUT2D eigenvalue weighted by Gasteiger charge is 2.16. The average molecular weight is 355 g/mol. The van der Waals surface area contributed by atoms with Crippen LogP contribution in [0.4, 0.5) is 22.1 Å². The number of amides is 2. The van der Waals surface area contributed by atoms with E-state index < -0.39 is 0 Å². The SMILES string of the molecule is COc1ccc(C)cc1Nc1ccc(NC(=O)NC2CCCCC2)nn1. The molecule has 7 nitrogen and oxygen atoms in total. The molecule has 0 saturated heterocycles. The Morgan fingerprint density at radius 1 is 1.08 bits per heavy atom. The van der Waals surface area contributed by atoms with Crippen LogP contribution in [0.25, 0.3) is 0 Å². The third-order valence-corrected chi connectivity index (χ3v) is 4.46. The van der Waals surface area contributed by atoms with Crippen LogP contribution < -0.4 is 20.7 Å². The van der Waals surface area contributed by atoms with Crippen molar-refractivity contribution in [3.8, 4) is 5.75 Å². The fraction of sp³-hybridized carbons (Fsp3) is 0.421. The van der Waals surface area contributed by atoms with E-state index in [1.807, 2.05) is 25.1 Å². The van der Waals surface area contributed by atoms with Crippen molar-refractivity contribution in [3.63, 3.8) is 0 Å². The lowest BCUT2D eigenvalue weighted by atomic mass is 9.96. The van der Waals surface area contributed by atoms with Crippen LogP contribution in [0.3, 0.4) is 0 Å². The Labute approximate surface area is 153 Å². The Morgan fingerprint density at radius 2 is 1.81 bits per heavy atom. The number of carbonyl (C=O) groups is 1. The summed E-state index contributed by atoms with van der Waals surface area (Å²) in [5.41, 5.74) is 1.93. The van der Waals surface area contributed by atoms with Gasteiger partial charge in [-0.25, -0.2) is 4.79 Å². The first-order valence-corrected chi connectivity index (χ1v) is 8.97. The van der Waals surface area contributed by atoms with Gasteiger partial charge in [0.15, 0.2) is 11.6 Å². The molecule has 0 unspecified atom stereocenters. The lowest BCUT2D eigenvalue weighted by Crippen LogP contribution is -2.39. The molecule has 0 radical (unpaired) electrons. The van der Waals surface area contributed by atoms with Crippen LogP contribution in [0.2, 0.25) is 0 Å². The van der Waals surface area contributed by atoms with Crippen LogP contribution in [-0.4, -0.2) is 29.4 Å². The van der Waals surface area contributed by atoms with Crippen LogP contribution in [-0.2, 0) is 0 Å². The number of hydrogen-bond acceptors (Lipinski definition) is 5. The molecule has 0 aliphatic heterocycles. The minimum atomic E-state index is -0.229. The van der Waals surface area contributed by atoms with Crippen molar-refractivity contribution in [2.45, 2.75) is 45.1 Å². The second kappa shape index (κ2) is 8.51. The van der Waals surface area contributed by atoms with Gasteiger partial charge in [0.05, 0.1) is 12.8 Å². The molecule has 0 atom stereocenters. The second-order valence-electron chi connectivity index (χ2n) is 6.57. The van der Waals surface area contributed by atoms with Gasteiger partial charge >= 0.3 is 6.03 Å². The highest BCUT2D eigenvalue weighted by atomic mass is 16.5. The topological polar surface area (TPSA) is 88.2 Å². The molecule has 1 aromatic heterocycles. The van der Waals surface area contributed by atoms with E-state index in [1.54, 1.807) is 19.2 Å². The number of nitrogens with one attached hydrogen (secondary N) is 3. The summed E-state index contributed by atoms with van der Waals surface area (Å²) in [6.45, 7) is 2.01. The average Bonchev–Trinajstić information content (AvgIpc) is 2.64. The molecule has 7 heteroatoms. The maximum absolute atomic E-state index is 12.1. The zero-order valence-corrected chi connectivity index (χ0v) is 15.2. The van der Waals surface area contributed by atoms with E-state index in [0.29, 0.717) is 11.6 Å². The van der Waals surface area contributed by atoms with Crippen LogP contribution in [0, 0.1) is 6.92 Å². The molecule has 0 bridgehead atoms. The van der Waals surface area contributed by atoms with E-state index in [1.165, 1.54) is 19.3 Å².